The van der Waals surface area contributed by atoms with Crippen molar-refractivity contribution in [3.63, 3.8) is 0 Å². The highest BCUT2D eigenvalue weighted by Gasteiger charge is 2.16. The maximum atomic E-state index is 9.43. The molecule has 4 rings (SSSR count). The molecule has 1 heterocycles. The van der Waals surface area contributed by atoms with Gasteiger partial charge in [-0.1, -0.05) is 71.9 Å². The van der Waals surface area contributed by atoms with Crippen LogP contribution in [0.5, 0.6) is 0 Å². The van der Waals surface area contributed by atoms with Gasteiger partial charge in [0, 0.05) is 32.4 Å². The van der Waals surface area contributed by atoms with Crippen LogP contribution < -0.4 is 0 Å². The molecule has 0 saturated heterocycles. The van der Waals surface area contributed by atoms with Gasteiger partial charge in [0.05, 0.1) is 12.1 Å². The molecule has 2 nitrogen and oxygen atoms in total. The maximum absolute atomic E-state index is 9.43. The Balaban J connectivity index is 1.81. The molecular weight excluding hydrogens is 374 g/mol. The molecule has 27 heavy (non-hydrogen) atoms. The molecule has 0 aliphatic heterocycles. The lowest BCUT2D eigenvalue weighted by Gasteiger charge is -2.09. The van der Waals surface area contributed by atoms with Gasteiger partial charge in [-0.2, -0.15) is 0 Å². The lowest BCUT2D eigenvalue weighted by molar-refractivity contribution is 0.281. The summed E-state index contributed by atoms with van der Waals surface area (Å²) >= 11 is 8.04. The summed E-state index contributed by atoms with van der Waals surface area (Å²) in [5, 5.41) is 11.4. The van der Waals surface area contributed by atoms with E-state index < -0.39 is 0 Å². The van der Waals surface area contributed by atoms with Crippen molar-refractivity contribution < 1.29 is 5.11 Å². The van der Waals surface area contributed by atoms with E-state index in [4.69, 9.17) is 11.6 Å². The van der Waals surface area contributed by atoms with Gasteiger partial charge in [0.1, 0.15) is 0 Å². The van der Waals surface area contributed by atoms with Gasteiger partial charge in [-0.25, -0.2) is 0 Å². The topological polar surface area (TPSA) is 25.2 Å². The fraction of sp³-hybridized carbons (Fsp3) is 0.130. The molecule has 0 fully saturated rings. The number of benzene rings is 3. The van der Waals surface area contributed by atoms with E-state index in [2.05, 4.69) is 47.9 Å². The smallest absolute Gasteiger partial charge is 0.0682 e. The lowest BCUT2D eigenvalue weighted by atomic mass is 10.2. The van der Waals surface area contributed by atoms with E-state index in [1.165, 1.54) is 21.5 Å². The first-order valence-corrected chi connectivity index (χ1v) is 10.0. The SMILES string of the molecule is Cc1c(Sc2cccc(CO)c2)c2ccc(Cl)cc2n1Cc1ccccc1. The van der Waals surface area contributed by atoms with Crippen molar-refractivity contribution in [3.8, 4) is 0 Å². The summed E-state index contributed by atoms with van der Waals surface area (Å²) < 4.78 is 2.33. The number of hydrogen-bond donors (Lipinski definition) is 1. The van der Waals surface area contributed by atoms with Crippen LogP contribution in [0.1, 0.15) is 16.8 Å². The Bertz CT molecular complexity index is 1090. The van der Waals surface area contributed by atoms with Crippen LogP contribution in [0.4, 0.5) is 0 Å². The second kappa shape index (κ2) is 7.81. The molecule has 0 amide bonds. The minimum absolute atomic E-state index is 0.0543. The normalized spacial score (nSPS) is 11.2. The average molecular weight is 394 g/mol. The molecule has 4 aromatic rings. The Morgan fingerprint density at radius 1 is 0.926 bits per heavy atom. The first kappa shape index (κ1) is 18.2. The molecule has 0 radical (unpaired) electrons. The van der Waals surface area contributed by atoms with Crippen LogP contribution in [0.2, 0.25) is 5.02 Å². The van der Waals surface area contributed by atoms with Gasteiger partial charge in [0.2, 0.25) is 0 Å². The second-order valence-corrected chi connectivity index (χ2v) is 8.08. The van der Waals surface area contributed by atoms with Crippen LogP contribution in [0, 0.1) is 6.92 Å². The van der Waals surface area contributed by atoms with Crippen LogP contribution in [0.3, 0.4) is 0 Å². The van der Waals surface area contributed by atoms with Crippen molar-refractivity contribution in [2.75, 3.05) is 0 Å². The van der Waals surface area contributed by atoms with E-state index in [1.54, 1.807) is 11.8 Å². The first-order chi connectivity index (χ1) is 13.2. The Kier molecular flexibility index (Phi) is 5.26. The molecule has 0 aliphatic carbocycles. The van der Waals surface area contributed by atoms with Crippen molar-refractivity contribution in [2.24, 2.45) is 0 Å². The minimum Gasteiger partial charge on any atom is -0.392 e. The zero-order valence-electron chi connectivity index (χ0n) is 15.0. The predicted molar refractivity (Wildman–Crippen MR) is 114 cm³/mol. The Morgan fingerprint density at radius 2 is 1.70 bits per heavy atom. The molecule has 0 saturated carbocycles. The highest BCUT2D eigenvalue weighted by atomic mass is 35.5. The molecule has 4 heteroatoms. The van der Waals surface area contributed by atoms with Gasteiger partial charge in [0.15, 0.2) is 0 Å². The van der Waals surface area contributed by atoms with Crippen molar-refractivity contribution in [1.29, 1.82) is 0 Å². The Hall–Kier alpha value is -2.20. The summed E-state index contributed by atoms with van der Waals surface area (Å²) in [6.07, 6.45) is 0. The molecule has 136 valence electrons. The number of hydrogen-bond acceptors (Lipinski definition) is 2. The number of nitrogens with zero attached hydrogens (tertiary/aromatic N) is 1. The molecule has 1 aromatic heterocycles. The third kappa shape index (κ3) is 3.77. The molecule has 0 bridgehead atoms. The zero-order valence-corrected chi connectivity index (χ0v) is 16.6. The number of aliphatic hydroxyl groups excluding tert-OH is 1. The largest absolute Gasteiger partial charge is 0.392 e. The highest BCUT2D eigenvalue weighted by molar-refractivity contribution is 7.99. The quantitative estimate of drug-likeness (QED) is 0.430. The van der Waals surface area contributed by atoms with Crippen molar-refractivity contribution in [1.82, 2.24) is 4.57 Å². The fourth-order valence-corrected chi connectivity index (χ4v) is 4.64. The van der Waals surface area contributed by atoms with Crippen LogP contribution in [0.25, 0.3) is 10.9 Å². The molecule has 1 N–H and O–H groups in total. The van der Waals surface area contributed by atoms with E-state index in [0.29, 0.717) is 0 Å². The van der Waals surface area contributed by atoms with Crippen LogP contribution in [0.15, 0.2) is 82.6 Å². The Morgan fingerprint density at radius 3 is 2.48 bits per heavy atom. The maximum Gasteiger partial charge on any atom is 0.0682 e. The summed E-state index contributed by atoms with van der Waals surface area (Å²) in [6, 6.07) is 24.6. The van der Waals surface area contributed by atoms with Crippen LogP contribution in [-0.4, -0.2) is 9.67 Å². The number of halogens is 1. The molecule has 3 aromatic carbocycles. The predicted octanol–water partition coefficient (Wildman–Crippen LogP) is 6.29. The fourth-order valence-electron chi connectivity index (χ4n) is 3.34. The van der Waals surface area contributed by atoms with Crippen molar-refractivity contribution in [3.05, 3.63) is 94.6 Å². The van der Waals surface area contributed by atoms with Gasteiger partial charge in [-0.05, 0) is 42.3 Å². The monoisotopic (exact) mass is 393 g/mol. The third-order valence-electron chi connectivity index (χ3n) is 4.71. The van der Waals surface area contributed by atoms with Crippen LogP contribution in [-0.2, 0) is 13.2 Å². The Labute approximate surface area is 168 Å². The zero-order chi connectivity index (χ0) is 18.8. The first-order valence-electron chi connectivity index (χ1n) is 8.85. The van der Waals surface area contributed by atoms with E-state index in [9.17, 15) is 5.11 Å². The van der Waals surface area contributed by atoms with Crippen molar-refractivity contribution in [2.45, 2.75) is 29.9 Å². The molecule has 0 spiro atoms. The number of aliphatic hydroxyl groups is 1. The van der Waals surface area contributed by atoms with Gasteiger partial charge in [0.25, 0.3) is 0 Å². The molecule has 0 unspecified atom stereocenters. The van der Waals surface area contributed by atoms with Gasteiger partial charge < -0.3 is 9.67 Å². The summed E-state index contributed by atoms with van der Waals surface area (Å²) in [4.78, 5) is 2.35. The highest BCUT2D eigenvalue weighted by Crippen LogP contribution is 2.39. The molecule has 0 atom stereocenters. The van der Waals surface area contributed by atoms with Gasteiger partial charge >= 0.3 is 0 Å². The average Bonchev–Trinajstić information content (AvgIpc) is 2.94. The van der Waals surface area contributed by atoms with Gasteiger partial charge in [-0.3, -0.25) is 0 Å². The van der Waals surface area contributed by atoms with Crippen LogP contribution >= 0.6 is 23.4 Å². The molecule has 0 aliphatic rings. The van der Waals surface area contributed by atoms with E-state index in [-0.39, 0.29) is 6.61 Å². The second-order valence-electron chi connectivity index (χ2n) is 6.56. The van der Waals surface area contributed by atoms with Gasteiger partial charge in [-0.15, -0.1) is 0 Å². The summed E-state index contributed by atoms with van der Waals surface area (Å²) in [5.74, 6) is 0. The number of aromatic nitrogens is 1. The van der Waals surface area contributed by atoms with Crippen molar-refractivity contribution >= 4 is 34.3 Å². The number of fused-ring (bicyclic) bond motifs is 1. The van der Waals surface area contributed by atoms with E-state index in [1.807, 2.05) is 36.4 Å². The summed E-state index contributed by atoms with van der Waals surface area (Å²) in [5.41, 5.74) is 4.55. The minimum atomic E-state index is 0.0543. The van der Waals surface area contributed by atoms with E-state index >= 15 is 0 Å². The number of rotatable bonds is 5. The standard InChI is InChI=1S/C23H20ClNOS/c1-16-23(27-20-9-5-8-18(12-20)15-26)21-11-10-19(24)13-22(21)25(16)14-17-6-3-2-4-7-17/h2-13,26H,14-15H2,1H3. The van der Waals surface area contributed by atoms with E-state index in [0.717, 1.165) is 27.5 Å². The lowest BCUT2D eigenvalue weighted by Crippen LogP contribution is -2.01. The summed E-state index contributed by atoms with van der Waals surface area (Å²) in [6.45, 7) is 3.02. The molecular formula is C23H20ClNOS. The third-order valence-corrected chi connectivity index (χ3v) is 6.16. The summed E-state index contributed by atoms with van der Waals surface area (Å²) in [7, 11) is 0.